The minimum Gasteiger partial charge on any atom is -0.291 e. The van der Waals surface area contributed by atoms with Crippen LogP contribution < -0.4 is 0 Å². The number of imidazole rings is 1. The van der Waals surface area contributed by atoms with Gasteiger partial charge in [0.2, 0.25) is 5.82 Å². The van der Waals surface area contributed by atoms with Crippen LogP contribution in [0.5, 0.6) is 0 Å². The highest BCUT2D eigenvalue weighted by Gasteiger charge is 2.37. The van der Waals surface area contributed by atoms with Crippen LogP contribution in [-0.2, 0) is 11.3 Å². The number of halogens is 4. The molecule has 0 spiro atoms. The van der Waals surface area contributed by atoms with Crippen LogP contribution in [0.3, 0.4) is 0 Å². The molecule has 2 aromatic heterocycles. The van der Waals surface area contributed by atoms with Gasteiger partial charge in [-0.2, -0.15) is 18.4 Å². The number of aromatic nitrogens is 3. The third kappa shape index (κ3) is 3.35. The second kappa shape index (κ2) is 6.01. The number of nitrogens with zero attached hydrogens (tertiary/aromatic N) is 4. The summed E-state index contributed by atoms with van der Waals surface area (Å²) in [7, 11) is 4.07. The SMILES string of the molecule is N#Cc1nc(C(F)(F)F)n2cc(-c3ccc(C(F)(P)P)cc3)ncc12. The van der Waals surface area contributed by atoms with Gasteiger partial charge in [0.25, 0.3) is 0 Å². The van der Waals surface area contributed by atoms with Crippen LogP contribution in [0.15, 0.2) is 36.7 Å². The topological polar surface area (TPSA) is 54.0 Å². The van der Waals surface area contributed by atoms with Gasteiger partial charge in [-0.3, -0.25) is 9.38 Å². The maximum Gasteiger partial charge on any atom is 0.450 e. The number of fused-ring (bicyclic) bond motifs is 1. The normalized spacial score (nSPS) is 12.4. The van der Waals surface area contributed by atoms with Crippen molar-refractivity contribution in [3.8, 4) is 17.3 Å². The molecule has 0 radical (unpaired) electrons. The van der Waals surface area contributed by atoms with Crippen molar-refractivity contribution < 1.29 is 17.6 Å². The lowest BCUT2D eigenvalue weighted by Crippen LogP contribution is -2.11. The first-order chi connectivity index (χ1) is 11.6. The van der Waals surface area contributed by atoms with Crippen LogP contribution in [0, 0.1) is 11.3 Å². The predicted octanol–water partition coefficient (Wildman–Crippen LogP) is 4.12. The van der Waals surface area contributed by atoms with Crippen molar-refractivity contribution in [2.24, 2.45) is 0 Å². The molecule has 0 aliphatic heterocycles. The van der Waals surface area contributed by atoms with E-state index in [1.165, 1.54) is 12.1 Å². The van der Waals surface area contributed by atoms with E-state index in [0.717, 1.165) is 16.8 Å². The molecule has 0 aliphatic carbocycles. The summed E-state index contributed by atoms with van der Waals surface area (Å²) in [6, 6.07) is 7.77. The maximum absolute atomic E-state index is 13.8. The van der Waals surface area contributed by atoms with E-state index in [1.54, 1.807) is 18.2 Å². The maximum atomic E-state index is 13.8. The summed E-state index contributed by atoms with van der Waals surface area (Å²) >= 11 is 0. The van der Waals surface area contributed by atoms with Crippen LogP contribution in [0.4, 0.5) is 17.6 Å². The van der Waals surface area contributed by atoms with E-state index in [9.17, 15) is 17.6 Å². The van der Waals surface area contributed by atoms with Crippen molar-refractivity contribution in [2.75, 3.05) is 0 Å². The quantitative estimate of drug-likeness (QED) is 0.494. The zero-order valence-corrected chi connectivity index (χ0v) is 14.7. The molecule has 25 heavy (non-hydrogen) atoms. The van der Waals surface area contributed by atoms with Crippen molar-refractivity contribution in [2.45, 2.75) is 11.3 Å². The van der Waals surface area contributed by atoms with Gasteiger partial charge in [0.15, 0.2) is 10.8 Å². The summed E-state index contributed by atoms with van der Waals surface area (Å²) < 4.78 is 54.0. The summed E-state index contributed by atoms with van der Waals surface area (Å²) in [6.07, 6.45) is -2.40. The lowest BCUT2D eigenvalue weighted by atomic mass is 10.1. The molecular weight excluding hydrogens is 374 g/mol. The zero-order chi connectivity index (χ0) is 18.4. The molecule has 2 heterocycles. The number of hydrogen-bond acceptors (Lipinski definition) is 3. The van der Waals surface area contributed by atoms with Crippen LogP contribution in [0.25, 0.3) is 16.8 Å². The first-order valence-electron chi connectivity index (χ1n) is 6.84. The van der Waals surface area contributed by atoms with E-state index in [1.807, 2.05) is 18.5 Å². The number of rotatable bonds is 2. The van der Waals surface area contributed by atoms with Crippen molar-refractivity contribution in [3.63, 3.8) is 0 Å². The Labute approximate surface area is 144 Å². The molecule has 0 amide bonds. The number of alkyl halides is 4. The molecule has 0 fully saturated rings. The van der Waals surface area contributed by atoms with Gasteiger partial charge in [0, 0.05) is 11.8 Å². The minimum absolute atomic E-state index is 0.0344. The average Bonchev–Trinajstić information content (AvgIpc) is 2.92. The second-order valence-electron chi connectivity index (χ2n) is 5.27. The lowest BCUT2D eigenvalue weighted by molar-refractivity contribution is -0.145. The van der Waals surface area contributed by atoms with Gasteiger partial charge in [-0.15, -0.1) is 0 Å². The lowest BCUT2D eigenvalue weighted by Gasteiger charge is -2.14. The monoisotopic (exact) mass is 384 g/mol. The molecule has 3 aromatic rings. The summed E-state index contributed by atoms with van der Waals surface area (Å²) in [4.78, 5) is 7.43. The fourth-order valence-electron chi connectivity index (χ4n) is 2.31. The highest BCUT2D eigenvalue weighted by Crippen LogP contribution is 2.40. The van der Waals surface area contributed by atoms with E-state index in [-0.39, 0.29) is 16.9 Å². The first-order valence-corrected chi connectivity index (χ1v) is 7.99. The zero-order valence-electron chi connectivity index (χ0n) is 12.4. The third-order valence-corrected chi connectivity index (χ3v) is 4.17. The highest BCUT2D eigenvalue weighted by atomic mass is 31.1. The van der Waals surface area contributed by atoms with Crippen molar-refractivity contribution in [1.82, 2.24) is 14.4 Å². The van der Waals surface area contributed by atoms with E-state index in [2.05, 4.69) is 9.97 Å². The Balaban J connectivity index is 2.14. The number of benzene rings is 1. The number of hydrogen-bond donors (Lipinski definition) is 0. The van der Waals surface area contributed by atoms with E-state index in [4.69, 9.17) is 5.26 Å². The van der Waals surface area contributed by atoms with Crippen LogP contribution in [0.1, 0.15) is 17.1 Å². The Hall–Kier alpha value is -2.09. The Morgan fingerprint density at radius 3 is 2.24 bits per heavy atom. The molecule has 4 nitrogen and oxygen atoms in total. The van der Waals surface area contributed by atoms with Crippen LogP contribution in [0.2, 0.25) is 0 Å². The van der Waals surface area contributed by atoms with Gasteiger partial charge in [0.05, 0.1) is 11.9 Å². The molecule has 0 aliphatic rings. The molecule has 2 atom stereocenters. The van der Waals surface area contributed by atoms with Gasteiger partial charge in [-0.25, -0.2) is 9.37 Å². The molecule has 0 saturated heterocycles. The van der Waals surface area contributed by atoms with Crippen molar-refractivity contribution in [3.05, 3.63) is 53.7 Å². The van der Waals surface area contributed by atoms with Crippen molar-refractivity contribution >= 4 is 24.0 Å². The van der Waals surface area contributed by atoms with Crippen molar-refractivity contribution in [1.29, 1.82) is 5.26 Å². The summed E-state index contributed by atoms with van der Waals surface area (Å²) in [5, 5.41) is 7.26. The fourth-order valence-corrected chi connectivity index (χ4v) is 2.70. The van der Waals surface area contributed by atoms with E-state index < -0.39 is 17.2 Å². The molecule has 3 rings (SSSR count). The van der Waals surface area contributed by atoms with E-state index >= 15 is 0 Å². The average molecular weight is 384 g/mol. The molecular formula is C15H10F4N4P2. The molecule has 0 saturated carbocycles. The minimum atomic E-state index is -4.72. The molecule has 10 heteroatoms. The Bertz CT molecular complexity index is 982. The number of nitriles is 1. The second-order valence-corrected chi connectivity index (χ2v) is 7.61. The Morgan fingerprint density at radius 2 is 1.72 bits per heavy atom. The third-order valence-electron chi connectivity index (χ3n) is 3.51. The molecule has 1 aromatic carbocycles. The Morgan fingerprint density at radius 1 is 1.08 bits per heavy atom. The van der Waals surface area contributed by atoms with Gasteiger partial charge in [0.1, 0.15) is 11.6 Å². The Kier molecular flexibility index (Phi) is 4.26. The standard InChI is InChI=1S/C15H10F4N4P2/c16-14(17,18)13-22-10(5-20)12-6-21-11(7-23(12)13)8-1-3-9(4-2-8)15(19,24)25/h1-4,6-7H,24-25H2. The highest BCUT2D eigenvalue weighted by molar-refractivity contribution is 7.38. The fraction of sp³-hybridized carbons (Fsp3) is 0.133. The van der Waals surface area contributed by atoms with Gasteiger partial charge >= 0.3 is 6.18 Å². The smallest absolute Gasteiger partial charge is 0.291 e. The van der Waals surface area contributed by atoms with Crippen LogP contribution in [-0.4, -0.2) is 14.4 Å². The van der Waals surface area contributed by atoms with Gasteiger partial charge in [-0.05, 0) is 5.56 Å². The van der Waals surface area contributed by atoms with Gasteiger partial charge in [-0.1, -0.05) is 42.7 Å². The molecule has 0 bridgehead atoms. The summed E-state index contributed by atoms with van der Waals surface area (Å²) in [5.41, 5.74) is 0.731. The largest absolute Gasteiger partial charge is 0.450 e. The molecule has 128 valence electrons. The van der Waals surface area contributed by atoms with Crippen LogP contribution >= 0.6 is 18.5 Å². The molecule has 2 unspecified atom stereocenters. The molecule has 0 N–H and O–H groups in total. The van der Waals surface area contributed by atoms with Gasteiger partial charge < -0.3 is 0 Å². The van der Waals surface area contributed by atoms with E-state index in [0.29, 0.717) is 11.1 Å². The first kappa shape index (κ1) is 17.7. The summed E-state index contributed by atoms with van der Waals surface area (Å²) in [5.74, 6) is -1.20. The summed E-state index contributed by atoms with van der Waals surface area (Å²) in [6.45, 7) is 0. The predicted molar refractivity (Wildman–Crippen MR) is 90.3 cm³/mol.